The maximum Gasteiger partial charge on any atom is 0.408 e. The van der Waals surface area contributed by atoms with Crippen LogP contribution in [0.15, 0.2) is 0 Å². The third kappa shape index (κ3) is 6.19. The van der Waals surface area contributed by atoms with Crippen LogP contribution in [0.1, 0.15) is 85.5 Å². The van der Waals surface area contributed by atoms with Crippen molar-refractivity contribution in [2.45, 2.75) is 115 Å². The van der Waals surface area contributed by atoms with Crippen molar-refractivity contribution in [2.24, 2.45) is 5.41 Å². The minimum atomic E-state index is -1.57. The van der Waals surface area contributed by atoms with E-state index in [-0.39, 0.29) is 24.3 Å². The second kappa shape index (κ2) is 8.98. The molecule has 0 radical (unpaired) electrons. The molecule has 3 fully saturated rings. The van der Waals surface area contributed by atoms with Gasteiger partial charge in [-0.1, -0.05) is 19.8 Å². The molecule has 0 heterocycles. The fourth-order valence-corrected chi connectivity index (χ4v) is 4.64. The summed E-state index contributed by atoms with van der Waals surface area (Å²) in [4.78, 5) is 50.8. The molecule has 1 atom stereocenters. The summed E-state index contributed by atoms with van der Waals surface area (Å²) >= 11 is 0. The van der Waals surface area contributed by atoms with Crippen molar-refractivity contribution in [3.63, 3.8) is 0 Å². The molecule has 0 aromatic heterocycles. The molecule has 32 heavy (non-hydrogen) atoms. The fraction of sp³-hybridized carbons (Fsp3) is 0.826. The van der Waals surface area contributed by atoms with Crippen LogP contribution in [0.2, 0.25) is 0 Å². The fourth-order valence-electron chi connectivity index (χ4n) is 4.64. The summed E-state index contributed by atoms with van der Waals surface area (Å²) in [6.45, 7) is 7.24. The zero-order valence-corrected chi connectivity index (χ0v) is 19.5. The predicted molar refractivity (Wildman–Crippen MR) is 116 cm³/mol. The van der Waals surface area contributed by atoms with Gasteiger partial charge in [0, 0.05) is 18.9 Å². The van der Waals surface area contributed by atoms with Crippen LogP contribution in [0.5, 0.6) is 0 Å². The first-order valence-corrected chi connectivity index (χ1v) is 11.6. The van der Waals surface area contributed by atoms with E-state index in [0.29, 0.717) is 6.42 Å². The standard InChI is InChI=1S/C23H36FN3O5/c1-21(2,3)32-20(31)26-16(13-22(4)9-5-6-10-22)18(29)27-23(11-14(24)12-23)17(28)19(30)25-15-7-8-15/h14-16H,5-13H2,1-4H3,(H,25,30)(H,26,31)(H,27,29)/t14?,16-,23?/m0/s1. The quantitative estimate of drug-likeness (QED) is 0.489. The van der Waals surface area contributed by atoms with E-state index in [1.807, 2.05) is 0 Å². The first-order valence-electron chi connectivity index (χ1n) is 11.6. The van der Waals surface area contributed by atoms with Crippen LogP contribution in [0.4, 0.5) is 9.18 Å². The Kier molecular flexibility index (Phi) is 6.86. The van der Waals surface area contributed by atoms with Crippen molar-refractivity contribution < 1.29 is 28.3 Å². The van der Waals surface area contributed by atoms with Crippen LogP contribution in [0.3, 0.4) is 0 Å². The number of amides is 3. The van der Waals surface area contributed by atoms with Gasteiger partial charge in [-0.05, 0) is 58.3 Å². The summed E-state index contributed by atoms with van der Waals surface area (Å²) in [7, 11) is 0. The molecule has 3 saturated carbocycles. The van der Waals surface area contributed by atoms with Crippen molar-refractivity contribution in [1.29, 1.82) is 0 Å². The molecule has 0 aromatic rings. The number of Topliss-reactive ketones (excluding diaryl/α,β-unsaturated/α-hetero) is 1. The molecule has 3 amide bonds. The van der Waals surface area contributed by atoms with Gasteiger partial charge in [-0.3, -0.25) is 14.4 Å². The van der Waals surface area contributed by atoms with Gasteiger partial charge in [-0.25, -0.2) is 9.18 Å². The predicted octanol–water partition coefficient (Wildman–Crippen LogP) is 2.68. The highest BCUT2D eigenvalue weighted by Crippen LogP contribution is 2.42. The number of ketones is 1. The average molecular weight is 454 g/mol. The summed E-state index contributed by atoms with van der Waals surface area (Å²) < 4.78 is 19.1. The minimum absolute atomic E-state index is 0.0237. The third-order valence-electron chi connectivity index (χ3n) is 6.57. The Labute approximate surface area is 188 Å². The van der Waals surface area contributed by atoms with E-state index in [1.165, 1.54) is 0 Å². The van der Waals surface area contributed by atoms with Gasteiger partial charge in [0.2, 0.25) is 11.7 Å². The smallest absolute Gasteiger partial charge is 0.408 e. The number of carbonyl (C=O) groups is 4. The number of rotatable bonds is 8. The summed E-state index contributed by atoms with van der Waals surface area (Å²) in [5.74, 6) is -2.21. The Bertz CT molecular complexity index is 762. The third-order valence-corrected chi connectivity index (χ3v) is 6.57. The lowest BCUT2D eigenvalue weighted by Crippen LogP contribution is -2.68. The van der Waals surface area contributed by atoms with Crippen molar-refractivity contribution in [3.05, 3.63) is 0 Å². The molecule has 0 bridgehead atoms. The molecule has 3 aliphatic rings. The van der Waals surface area contributed by atoms with Crippen molar-refractivity contribution in [1.82, 2.24) is 16.0 Å². The van der Waals surface area contributed by atoms with E-state index in [2.05, 4.69) is 22.9 Å². The highest BCUT2D eigenvalue weighted by Gasteiger charge is 2.55. The SMILES string of the molecule is CC1(C[C@H](NC(=O)OC(C)(C)C)C(=O)NC2(C(=O)C(=O)NC3CC3)CC(F)C2)CCCC1. The topological polar surface area (TPSA) is 114 Å². The van der Waals surface area contributed by atoms with Crippen LogP contribution < -0.4 is 16.0 Å². The second-order valence-electron chi connectivity index (χ2n) is 11.1. The number of ether oxygens (including phenoxy) is 1. The molecule has 0 aromatic carbocycles. The Hall–Kier alpha value is -2.19. The van der Waals surface area contributed by atoms with Gasteiger partial charge in [-0.2, -0.15) is 0 Å². The van der Waals surface area contributed by atoms with E-state index in [9.17, 15) is 23.6 Å². The molecule has 3 aliphatic carbocycles. The number of alkyl halides is 1. The molecule has 8 nitrogen and oxygen atoms in total. The maximum atomic E-state index is 13.8. The Balaban J connectivity index is 1.73. The van der Waals surface area contributed by atoms with Gasteiger partial charge < -0.3 is 20.7 Å². The molecular formula is C23H36FN3O5. The van der Waals surface area contributed by atoms with Crippen molar-refractivity contribution in [3.8, 4) is 0 Å². The van der Waals surface area contributed by atoms with Crippen molar-refractivity contribution >= 4 is 23.7 Å². The molecule has 180 valence electrons. The Morgan fingerprint density at radius 1 is 1.09 bits per heavy atom. The van der Waals surface area contributed by atoms with Crippen LogP contribution >= 0.6 is 0 Å². The number of hydrogen-bond donors (Lipinski definition) is 3. The highest BCUT2D eigenvalue weighted by molar-refractivity contribution is 6.40. The molecule has 0 saturated heterocycles. The van der Waals surface area contributed by atoms with E-state index < -0.39 is 47.0 Å². The van der Waals surface area contributed by atoms with Crippen LogP contribution in [0.25, 0.3) is 0 Å². The van der Waals surface area contributed by atoms with E-state index in [1.54, 1.807) is 20.8 Å². The largest absolute Gasteiger partial charge is 0.444 e. The normalized spacial score (nSPS) is 27.6. The number of alkyl carbamates (subject to hydrolysis) is 1. The maximum absolute atomic E-state index is 13.8. The summed E-state index contributed by atoms with van der Waals surface area (Å²) in [5.41, 5.74) is -2.45. The molecule has 0 spiro atoms. The van der Waals surface area contributed by atoms with Crippen LogP contribution in [0, 0.1) is 5.41 Å². The zero-order valence-electron chi connectivity index (χ0n) is 19.5. The van der Waals surface area contributed by atoms with Crippen molar-refractivity contribution in [2.75, 3.05) is 0 Å². The Morgan fingerprint density at radius 3 is 2.19 bits per heavy atom. The van der Waals surface area contributed by atoms with Gasteiger partial charge in [0.25, 0.3) is 5.91 Å². The lowest BCUT2D eigenvalue weighted by atomic mass is 9.71. The molecule has 0 unspecified atom stereocenters. The molecule has 0 aliphatic heterocycles. The highest BCUT2D eigenvalue weighted by atomic mass is 19.1. The summed E-state index contributed by atoms with van der Waals surface area (Å²) in [6, 6.07) is -0.980. The summed E-state index contributed by atoms with van der Waals surface area (Å²) in [6.07, 6.45) is 3.44. The monoisotopic (exact) mass is 453 g/mol. The van der Waals surface area contributed by atoms with Gasteiger partial charge in [0.15, 0.2) is 0 Å². The van der Waals surface area contributed by atoms with E-state index in [0.717, 1.165) is 38.5 Å². The molecule has 9 heteroatoms. The second-order valence-corrected chi connectivity index (χ2v) is 11.1. The number of carbonyl (C=O) groups excluding carboxylic acids is 4. The molecular weight excluding hydrogens is 417 g/mol. The zero-order chi connectivity index (χ0) is 23.7. The lowest BCUT2D eigenvalue weighted by Gasteiger charge is -2.43. The Morgan fingerprint density at radius 2 is 1.69 bits per heavy atom. The van der Waals surface area contributed by atoms with Gasteiger partial charge in [-0.15, -0.1) is 0 Å². The molecule has 3 rings (SSSR count). The number of halogens is 1. The van der Waals surface area contributed by atoms with E-state index >= 15 is 0 Å². The van der Waals surface area contributed by atoms with Crippen LogP contribution in [-0.2, 0) is 19.1 Å². The van der Waals surface area contributed by atoms with E-state index in [4.69, 9.17) is 4.74 Å². The first-order chi connectivity index (χ1) is 14.8. The molecule has 3 N–H and O–H groups in total. The van der Waals surface area contributed by atoms with Gasteiger partial charge in [0.05, 0.1) is 0 Å². The minimum Gasteiger partial charge on any atom is -0.444 e. The van der Waals surface area contributed by atoms with Gasteiger partial charge >= 0.3 is 6.09 Å². The number of nitrogens with one attached hydrogen (secondary N) is 3. The summed E-state index contributed by atoms with van der Waals surface area (Å²) in [5, 5.41) is 7.89. The van der Waals surface area contributed by atoms with Gasteiger partial charge in [0.1, 0.15) is 23.4 Å². The van der Waals surface area contributed by atoms with Crippen LogP contribution in [-0.4, -0.2) is 53.1 Å². The first kappa shape index (κ1) is 24.5. The lowest BCUT2D eigenvalue weighted by molar-refractivity contribution is -0.148. The average Bonchev–Trinajstić information content (AvgIpc) is 3.35. The number of hydrogen-bond acceptors (Lipinski definition) is 5.